The van der Waals surface area contributed by atoms with Crippen LogP contribution >= 0.6 is 0 Å². The van der Waals surface area contributed by atoms with Crippen LogP contribution in [0.4, 0.5) is 0 Å². The quantitative estimate of drug-likeness (QED) is 0.171. The summed E-state index contributed by atoms with van der Waals surface area (Å²) in [6.45, 7) is 0. The summed E-state index contributed by atoms with van der Waals surface area (Å²) in [5.41, 5.74) is 12.7. The van der Waals surface area contributed by atoms with Crippen LogP contribution in [0.25, 0.3) is 111 Å². The minimum Gasteiger partial charge on any atom is -0.455 e. The van der Waals surface area contributed by atoms with Crippen LogP contribution in [0.15, 0.2) is 197 Å². The van der Waals surface area contributed by atoms with Crippen LogP contribution in [-0.2, 0) is 0 Å². The minimum absolute atomic E-state index is 0.556. The maximum absolute atomic E-state index is 6.63. The molecule has 0 unspecified atom stereocenters. The molecule has 11 aromatic rings. The second-order valence-electron chi connectivity index (χ2n) is 14.0. The first kappa shape index (κ1) is 31.9. The van der Waals surface area contributed by atoms with E-state index in [1.807, 2.05) is 84.9 Å². The van der Waals surface area contributed by atoms with Crippen molar-refractivity contribution >= 4 is 43.9 Å². The molecule has 5 nitrogen and oxygen atoms in total. The number of hydrogen-bond donors (Lipinski definition) is 0. The third-order valence-corrected chi connectivity index (χ3v) is 10.5. The summed E-state index contributed by atoms with van der Waals surface area (Å²) in [5.74, 6) is 1.77. The molecule has 0 aliphatic carbocycles. The summed E-state index contributed by atoms with van der Waals surface area (Å²) in [7, 11) is 0. The first-order chi connectivity index (χ1) is 27.7. The van der Waals surface area contributed by atoms with Crippen molar-refractivity contribution in [2.24, 2.45) is 0 Å². The van der Waals surface area contributed by atoms with Gasteiger partial charge in [-0.2, -0.15) is 0 Å². The normalized spacial score (nSPS) is 11.6. The third kappa shape index (κ3) is 5.45. The second-order valence-corrected chi connectivity index (χ2v) is 14.0. The number of aromatic nitrogens is 3. The van der Waals surface area contributed by atoms with Crippen LogP contribution in [0.5, 0.6) is 0 Å². The van der Waals surface area contributed by atoms with Gasteiger partial charge < -0.3 is 8.83 Å². The molecule has 0 saturated heterocycles. The number of hydrogen-bond acceptors (Lipinski definition) is 5. The Morgan fingerprint density at radius 2 is 0.696 bits per heavy atom. The Labute approximate surface area is 322 Å². The smallest absolute Gasteiger partial charge is 0.167 e. The zero-order valence-electron chi connectivity index (χ0n) is 30.1. The molecule has 3 aromatic heterocycles. The summed E-state index contributed by atoms with van der Waals surface area (Å²) in [6, 6.07) is 64.6. The highest BCUT2D eigenvalue weighted by Gasteiger charge is 2.19. The Kier molecular flexibility index (Phi) is 7.42. The molecule has 0 aliphatic heterocycles. The van der Waals surface area contributed by atoms with E-state index in [0.29, 0.717) is 17.5 Å². The molecule has 0 amide bonds. The standard InChI is InChI=1S/C51H31N3O2/c1-4-13-32(14-5-1)35-19-10-20-36(29-35)37-25-27-45-43(30-37)40-22-11-21-39(47(40)55-45)38-26-28-46-44(31-38)41-23-12-24-42(48(41)56-46)51-53-49(33-15-6-2-7-16-33)52-50(54-51)34-17-8-3-9-18-34/h1-31H. The fraction of sp³-hybridized carbons (Fsp3) is 0. The molecule has 5 heteroatoms. The number of nitrogens with zero attached hydrogens (tertiary/aromatic N) is 3. The molecular weight excluding hydrogens is 687 g/mol. The summed E-state index contributed by atoms with van der Waals surface area (Å²) >= 11 is 0. The number of para-hydroxylation sites is 2. The van der Waals surface area contributed by atoms with Crippen molar-refractivity contribution in [3.05, 3.63) is 188 Å². The Bertz CT molecular complexity index is 3180. The van der Waals surface area contributed by atoms with Crippen molar-refractivity contribution in [3.63, 3.8) is 0 Å². The molecule has 8 aromatic carbocycles. The molecular formula is C51H31N3O2. The number of furan rings is 2. The Morgan fingerprint density at radius 1 is 0.268 bits per heavy atom. The van der Waals surface area contributed by atoms with Crippen LogP contribution in [0, 0.1) is 0 Å². The van der Waals surface area contributed by atoms with Crippen LogP contribution < -0.4 is 0 Å². The van der Waals surface area contributed by atoms with Crippen LogP contribution in [0.2, 0.25) is 0 Å². The van der Waals surface area contributed by atoms with Gasteiger partial charge in [0.2, 0.25) is 0 Å². The molecule has 0 aliphatic rings. The lowest BCUT2D eigenvalue weighted by Gasteiger charge is -2.08. The van der Waals surface area contributed by atoms with Crippen LogP contribution in [0.3, 0.4) is 0 Å². The Hall–Kier alpha value is -7.63. The average Bonchev–Trinajstić information content (AvgIpc) is 3.85. The summed E-state index contributed by atoms with van der Waals surface area (Å²) in [4.78, 5) is 14.9. The van der Waals surface area contributed by atoms with Crippen molar-refractivity contribution in [3.8, 4) is 67.5 Å². The van der Waals surface area contributed by atoms with Gasteiger partial charge in [0.25, 0.3) is 0 Å². The van der Waals surface area contributed by atoms with E-state index in [0.717, 1.165) is 77.3 Å². The van der Waals surface area contributed by atoms with E-state index in [1.54, 1.807) is 0 Å². The SMILES string of the molecule is c1ccc(-c2cccc(-c3ccc4oc5c(-c6ccc7oc8c(-c9nc(-c%10ccccc%10)nc(-c%10ccccc%10)n9)cccc8c7c6)cccc5c4c3)c2)cc1. The monoisotopic (exact) mass is 717 g/mol. The predicted molar refractivity (Wildman–Crippen MR) is 227 cm³/mol. The topological polar surface area (TPSA) is 65.0 Å². The van der Waals surface area contributed by atoms with Crippen molar-refractivity contribution in [2.45, 2.75) is 0 Å². The molecule has 56 heavy (non-hydrogen) atoms. The molecule has 0 fully saturated rings. The Morgan fingerprint density at radius 3 is 1.30 bits per heavy atom. The molecule has 3 heterocycles. The molecule has 0 radical (unpaired) electrons. The number of benzene rings is 8. The molecule has 11 rings (SSSR count). The van der Waals surface area contributed by atoms with E-state index in [4.69, 9.17) is 23.8 Å². The largest absolute Gasteiger partial charge is 0.455 e. The van der Waals surface area contributed by atoms with Crippen molar-refractivity contribution in [1.82, 2.24) is 15.0 Å². The predicted octanol–water partition coefficient (Wildman–Crippen LogP) is 13.7. The summed E-state index contributed by atoms with van der Waals surface area (Å²) < 4.78 is 13.3. The number of rotatable bonds is 6. The van der Waals surface area contributed by atoms with Gasteiger partial charge in [0.1, 0.15) is 22.3 Å². The van der Waals surface area contributed by atoms with Gasteiger partial charge in [-0.15, -0.1) is 0 Å². The van der Waals surface area contributed by atoms with E-state index >= 15 is 0 Å². The highest BCUT2D eigenvalue weighted by Crippen LogP contribution is 2.41. The van der Waals surface area contributed by atoms with Gasteiger partial charge in [-0.3, -0.25) is 0 Å². The van der Waals surface area contributed by atoms with Gasteiger partial charge in [0, 0.05) is 38.2 Å². The fourth-order valence-electron chi connectivity index (χ4n) is 7.79. The molecule has 0 saturated carbocycles. The van der Waals surface area contributed by atoms with Gasteiger partial charge in [0.15, 0.2) is 17.5 Å². The summed E-state index contributed by atoms with van der Waals surface area (Å²) in [6.07, 6.45) is 0. The maximum atomic E-state index is 6.63. The van der Waals surface area contributed by atoms with Gasteiger partial charge in [-0.05, 0) is 64.2 Å². The second kappa shape index (κ2) is 13.0. The molecule has 262 valence electrons. The zero-order valence-corrected chi connectivity index (χ0v) is 30.1. The highest BCUT2D eigenvalue weighted by molar-refractivity contribution is 6.13. The third-order valence-electron chi connectivity index (χ3n) is 10.5. The van der Waals surface area contributed by atoms with E-state index in [9.17, 15) is 0 Å². The highest BCUT2D eigenvalue weighted by atomic mass is 16.3. The molecule has 0 N–H and O–H groups in total. The van der Waals surface area contributed by atoms with Gasteiger partial charge in [-0.1, -0.05) is 152 Å². The van der Waals surface area contributed by atoms with Gasteiger partial charge in [-0.25, -0.2) is 15.0 Å². The van der Waals surface area contributed by atoms with Crippen molar-refractivity contribution in [1.29, 1.82) is 0 Å². The Balaban J connectivity index is 1.01. The van der Waals surface area contributed by atoms with Gasteiger partial charge >= 0.3 is 0 Å². The first-order valence-corrected chi connectivity index (χ1v) is 18.7. The average molecular weight is 718 g/mol. The lowest BCUT2D eigenvalue weighted by atomic mass is 9.97. The zero-order chi connectivity index (χ0) is 37.0. The lowest BCUT2D eigenvalue weighted by molar-refractivity contribution is 0.668. The fourth-order valence-corrected chi connectivity index (χ4v) is 7.79. The van der Waals surface area contributed by atoms with Crippen molar-refractivity contribution in [2.75, 3.05) is 0 Å². The van der Waals surface area contributed by atoms with Crippen molar-refractivity contribution < 1.29 is 8.83 Å². The van der Waals surface area contributed by atoms with Gasteiger partial charge in [0.05, 0.1) is 5.56 Å². The molecule has 0 atom stereocenters. The van der Waals surface area contributed by atoms with E-state index < -0.39 is 0 Å². The minimum atomic E-state index is 0.556. The van der Waals surface area contributed by atoms with E-state index in [-0.39, 0.29) is 0 Å². The van der Waals surface area contributed by atoms with Crippen LogP contribution in [0.1, 0.15) is 0 Å². The molecule has 0 bridgehead atoms. The maximum Gasteiger partial charge on any atom is 0.167 e. The van der Waals surface area contributed by atoms with Crippen LogP contribution in [-0.4, -0.2) is 15.0 Å². The first-order valence-electron chi connectivity index (χ1n) is 18.7. The summed E-state index contributed by atoms with van der Waals surface area (Å²) in [5, 5.41) is 4.16. The lowest BCUT2D eigenvalue weighted by Crippen LogP contribution is -2.00. The van der Waals surface area contributed by atoms with E-state index in [2.05, 4.69) is 103 Å². The number of fused-ring (bicyclic) bond motifs is 6. The molecule has 0 spiro atoms. The van der Waals surface area contributed by atoms with E-state index in [1.165, 1.54) is 16.7 Å².